The van der Waals surface area contributed by atoms with E-state index in [0.29, 0.717) is 13.1 Å². The normalized spacial score (nSPS) is 24.3. The van der Waals surface area contributed by atoms with E-state index in [0.717, 1.165) is 25.7 Å². The van der Waals surface area contributed by atoms with Gasteiger partial charge in [0.25, 0.3) is 0 Å². The number of piperidine rings is 1. The van der Waals surface area contributed by atoms with Crippen LogP contribution in [0.5, 0.6) is 0 Å². The monoisotopic (exact) mass is 334 g/mol. The van der Waals surface area contributed by atoms with Crippen molar-refractivity contribution in [1.82, 2.24) is 9.80 Å². The van der Waals surface area contributed by atoms with Gasteiger partial charge in [0.2, 0.25) is 5.91 Å². The van der Waals surface area contributed by atoms with Crippen LogP contribution in [0.15, 0.2) is 23.3 Å². The fourth-order valence-electron chi connectivity index (χ4n) is 3.91. The van der Waals surface area contributed by atoms with Gasteiger partial charge in [-0.25, -0.2) is 4.79 Å². The van der Waals surface area contributed by atoms with Crippen molar-refractivity contribution in [3.05, 3.63) is 23.3 Å². The summed E-state index contributed by atoms with van der Waals surface area (Å²) < 4.78 is 0. The maximum absolute atomic E-state index is 12.5. The Kier molecular flexibility index (Phi) is 5.73. The number of amides is 2. The van der Waals surface area contributed by atoms with E-state index in [-0.39, 0.29) is 17.4 Å². The molecule has 1 fully saturated rings. The molecule has 1 aliphatic carbocycles. The summed E-state index contributed by atoms with van der Waals surface area (Å²) in [5.41, 5.74) is 2.75. The molecule has 0 saturated carbocycles. The highest BCUT2D eigenvalue weighted by atomic mass is 16.4. The van der Waals surface area contributed by atoms with E-state index in [1.807, 2.05) is 6.08 Å². The van der Waals surface area contributed by atoms with Gasteiger partial charge < -0.3 is 14.9 Å². The molecular weight excluding hydrogens is 304 g/mol. The zero-order valence-electron chi connectivity index (χ0n) is 15.3. The van der Waals surface area contributed by atoms with E-state index in [4.69, 9.17) is 5.11 Å². The number of rotatable bonds is 3. The third kappa shape index (κ3) is 4.19. The first kappa shape index (κ1) is 18.6. The number of carbonyl (C=O) groups is 2. The molecule has 0 bridgehead atoms. The largest absolute Gasteiger partial charge is 0.465 e. The lowest BCUT2D eigenvalue weighted by atomic mass is 9.72. The summed E-state index contributed by atoms with van der Waals surface area (Å²) in [5, 5.41) is 9.14. The van der Waals surface area contributed by atoms with Gasteiger partial charge in [-0.1, -0.05) is 25.5 Å². The molecule has 5 heteroatoms. The Morgan fingerprint density at radius 3 is 2.67 bits per heavy atom. The van der Waals surface area contributed by atoms with Crippen LogP contribution in [0, 0.1) is 5.41 Å². The third-order valence-corrected chi connectivity index (χ3v) is 5.50. The van der Waals surface area contributed by atoms with Crippen molar-refractivity contribution in [1.29, 1.82) is 0 Å². The Bertz CT molecular complexity index is 563. The maximum atomic E-state index is 12.5. The number of carboxylic acid groups (broad SMARTS) is 1. The molecule has 1 saturated heterocycles. The molecule has 24 heavy (non-hydrogen) atoms. The number of nitrogens with zero attached hydrogens (tertiary/aromatic N) is 2. The molecule has 1 aliphatic heterocycles. The quantitative estimate of drug-likeness (QED) is 0.801. The first-order valence-electron chi connectivity index (χ1n) is 8.85. The fraction of sp³-hybridized carbons (Fsp3) is 0.684. The molecular formula is C19H30N2O3. The van der Waals surface area contributed by atoms with Crippen LogP contribution in [0.3, 0.4) is 0 Å². The number of carbonyl (C=O) groups excluding carboxylic acids is 1. The highest BCUT2D eigenvalue weighted by molar-refractivity contribution is 5.88. The number of allylic oxidation sites excluding steroid dienone is 3. The summed E-state index contributed by atoms with van der Waals surface area (Å²) in [4.78, 5) is 26.8. The van der Waals surface area contributed by atoms with Crippen LogP contribution in [0.25, 0.3) is 0 Å². The Hall–Kier alpha value is -1.78. The number of likely N-dealkylation sites (tertiary alicyclic amines) is 1. The molecule has 0 aromatic carbocycles. The number of hydrogen-bond acceptors (Lipinski definition) is 2. The predicted octanol–water partition coefficient (Wildman–Crippen LogP) is 3.67. The molecule has 0 aromatic heterocycles. The standard InChI is InChI=1S/C19H30N2O3/c1-14-7-5-11-19(2,3)16(14)9-10-17(22)20(4)15-8-6-12-21(13-15)18(23)24/h9-10,15H,5-8,11-13H2,1-4H3,(H,23,24). The van der Waals surface area contributed by atoms with Crippen LogP contribution in [-0.4, -0.2) is 53.1 Å². The second-order valence-corrected chi connectivity index (χ2v) is 7.74. The Morgan fingerprint density at radius 1 is 1.33 bits per heavy atom. The maximum Gasteiger partial charge on any atom is 0.407 e. The van der Waals surface area contributed by atoms with Gasteiger partial charge in [0, 0.05) is 32.3 Å². The van der Waals surface area contributed by atoms with Gasteiger partial charge in [0.1, 0.15) is 0 Å². The lowest BCUT2D eigenvalue weighted by molar-refractivity contribution is -0.127. The van der Waals surface area contributed by atoms with Gasteiger partial charge in [-0.2, -0.15) is 0 Å². The lowest BCUT2D eigenvalue weighted by Gasteiger charge is -2.36. The van der Waals surface area contributed by atoms with E-state index in [1.165, 1.54) is 22.5 Å². The SMILES string of the molecule is CC1=C(C=CC(=O)N(C)C2CCCN(C(=O)O)C2)C(C)(C)CCC1. The average molecular weight is 334 g/mol. The van der Waals surface area contributed by atoms with Crippen LogP contribution in [-0.2, 0) is 4.79 Å². The highest BCUT2D eigenvalue weighted by Gasteiger charge is 2.29. The molecule has 1 heterocycles. The lowest BCUT2D eigenvalue weighted by Crippen LogP contribution is -2.49. The van der Waals surface area contributed by atoms with Crippen molar-refractivity contribution in [2.75, 3.05) is 20.1 Å². The highest BCUT2D eigenvalue weighted by Crippen LogP contribution is 2.40. The number of likely N-dealkylation sites (N-methyl/N-ethyl adjacent to an activating group) is 1. The zero-order chi connectivity index (χ0) is 17.9. The minimum Gasteiger partial charge on any atom is -0.465 e. The van der Waals surface area contributed by atoms with Crippen molar-refractivity contribution >= 4 is 12.0 Å². The first-order chi connectivity index (χ1) is 11.2. The van der Waals surface area contributed by atoms with Crippen LogP contribution in [0.1, 0.15) is 52.9 Å². The molecule has 2 aliphatic rings. The summed E-state index contributed by atoms with van der Waals surface area (Å²) in [6, 6.07) is -0.0403. The van der Waals surface area contributed by atoms with Crippen molar-refractivity contribution in [3.63, 3.8) is 0 Å². The molecule has 0 radical (unpaired) electrons. The van der Waals surface area contributed by atoms with E-state index < -0.39 is 6.09 Å². The van der Waals surface area contributed by atoms with Crippen molar-refractivity contribution in [2.45, 2.75) is 58.9 Å². The zero-order valence-corrected chi connectivity index (χ0v) is 15.3. The molecule has 5 nitrogen and oxygen atoms in total. The van der Waals surface area contributed by atoms with Crippen molar-refractivity contribution in [2.24, 2.45) is 5.41 Å². The van der Waals surface area contributed by atoms with Gasteiger partial charge in [-0.05, 0) is 50.0 Å². The van der Waals surface area contributed by atoms with E-state index >= 15 is 0 Å². The van der Waals surface area contributed by atoms with Crippen LogP contribution >= 0.6 is 0 Å². The summed E-state index contributed by atoms with van der Waals surface area (Å²) >= 11 is 0. The smallest absolute Gasteiger partial charge is 0.407 e. The topological polar surface area (TPSA) is 60.9 Å². The molecule has 1 unspecified atom stereocenters. The Balaban J connectivity index is 2.04. The minimum absolute atomic E-state index is 0.0403. The predicted molar refractivity (Wildman–Crippen MR) is 94.9 cm³/mol. The van der Waals surface area contributed by atoms with Crippen LogP contribution in [0.4, 0.5) is 4.79 Å². The second kappa shape index (κ2) is 7.41. The van der Waals surface area contributed by atoms with Gasteiger partial charge in [-0.15, -0.1) is 0 Å². The van der Waals surface area contributed by atoms with Gasteiger partial charge in [-0.3, -0.25) is 4.79 Å². The van der Waals surface area contributed by atoms with Gasteiger partial charge >= 0.3 is 6.09 Å². The van der Waals surface area contributed by atoms with Gasteiger partial charge in [0.05, 0.1) is 0 Å². The Labute approximate surface area is 145 Å². The van der Waals surface area contributed by atoms with E-state index in [9.17, 15) is 9.59 Å². The molecule has 2 amide bonds. The summed E-state index contributed by atoms with van der Waals surface area (Å²) in [6.45, 7) is 7.58. The molecule has 2 rings (SSSR count). The van der Waals surface area contributed by atoms with Crippen molar-refractivity contribution in [3.8, 4) is 0 Å². The summed E-state index contributed by atoms with van der Waals surface area (Å²) in [6.07, 6.45) is 7.84. The molecule has 134 valence electrons. The van der Waals surface area contributed by atoms with Crippen LogP contribution in [0.2, 0.25) is 0 Å². The minimum atomic E-state index is -0.902. The molecule has 0 aromatic rings. The van der Waals surface area contributed by atoms with Crippen molar-refractivity contribution < 1.29 is 14.7 Å². The third-order valence-electron chi connectivity index (χ3n) is 5.50. The van der Waals surface area contributed by atoms with Gasteiger partial charge in [0.15, 0.2) is 0 Å². The van der Waals surface area contributed by atoms with E-state index in [1.54, 1.807) is 18.0 Å². The molecule has 0 spiro atoms. The molecule has 1 N–H and O–H groups in total. The second-order valence-electron chi connectivity index (χ2n) is 7.74. The number of hydrogen-bond donors (Lipinski definition) is 1. The summed E-state index contributed by atoms with van der Waals surface area (Å²) in [7, 11) is 1.77. The average Bonchev–Trinajstić information content (AvgIpc) is 2.53. The van der Waals surface area contributed by atoms with Crippen LogP contribution < -0.4 is 0 Å². The summed E-state index contributed by atoms with van der Waals surface area (Å²) in [5.74, 6) is -0.0473. The Morgan fingerprint density at radius 2 is 2.04 bits per heavy atom. The fourth-order valence-corrected chi connectivity index (χ4v) is 3.91. The molecule has 1 atom stereocenters. The van der Waals surface area contributed by atoms with E-state index in [2.05, 4.69) is 20.8 Å². The first-order valence-corrected chi connectivity index (χ1v) is 8.85.